The van der Waals surface area contributed by atoms with Crippen molar-refractivity contribution in [3.63, 3.8) is 0 Å². The molecule has 4 unspecified atom stereocenters. The van der Waals surface area contributed by atoms with Crippen molar-refractivity contribution in [2.45, 2.75) is 120 Å². The summed E-state index contributed by atoms with van der Waals surface area (Å²) in [6, 6.07) is 3.69. The second-order valence-electron chi connectivity index (χ2n) is 14.1. The Labute approximate surface area is 277 Å². The summed E-state index contributed by atoms with van der Waals surface area (Å²) in [5, 5.41) is 3.73. The van der Waals surface area contributed by atoms with E-state index in [4.69, 9.17) is 30.5 Å². The van der Waals surface area contributed by atoms with E-state index in [-0.39, 0.29) is 12.3 Å². The maximum Gasteiger partial charge on any atom is 0.326 e. The molecular weight excluding hydrogens is 614 g/mol. The van der Waals surface area contributed by atoms with Gasteiger partial charge in [-0.1, -0.05) is 31.5 Å². The minimum Gasteiger partial charge on any atom is -0.425 e. The van der Waals surface area contributed by atoms with Crippen molar-refractivity contribution >= 4 is 35.5 Å². The molecule has 256 valence electrons. The molecule has 2 rings (SSSR count). The van der Waals surface area contributed by atoms with Gasteiger partial charge in [0.25, 0.3) is 0 Å². The number of aromatic nitrogens is 2. The van der Waals surface area contributed by atoms with Gasteiger partial charge in [-0.25, -0.2) is 4.98 Å². The molecule has 0 saturated carbocycles. The molecule has 1 aromatic carbocycles. The minimum atomic E-state index is -1.18. The van der Waals surface area contributed by atoms with Crippen LogP contribution in [0.25, 0.3) is 0 Å². The van der Waals surface area contributed by atoms with Gasteiger partial charge in [0, 0.05) is 43.7 Å². The van der Waals surface area contributed by atoms with Crippen LogP contribution >= 0.6 is 11.6 Å². The Kier molecular flexibility index (Phi) is 13.8. The average molecular weight is 664 g/mol. The van der Waals surface area contributed by atoms with Gasteiger partial charge in [0.2, 0.25) is 12.6 Å². The second-order valence-corrected chi connectivity index (χ2v) is 14.5. The van der Waals surface area contributed by atoms with E-state index in [1.165, 1.54) is 13.8 Å². The highest BCUT2D eigenvalue weighted by molar-refractivity contribution is 6.30. The highest BCUT2D eigenvalue weighted by Gasteiger charge is 2.34. The van der Waals surface area contributed by atoms with Gasteiger partial charge in [-0.3, -0.25) is 24.5 Å². The number of benzene rings is 1. The van der Waals surface area contributed by atoms with E-state index in [1.807, 2.05) is 43.5 Å². The van der Waals surface area contributed by atoms with Crippen LogP contribution in [0.1, 0.15) is 92.5 Å². The van der Waals surface area contributed by atoms with Crippen LogP contribution in [0.2, 0.25) is 5.02 Å². The Balaban J connectivity index is 2.36. The smallest absolute Gasteiger partial charge is 0.326 e. The summed E-state index contributed by atoms with van der Waals surface area (Å²) in [5.74, 6) is -2.47. The Hall–Kier alpha value is -3.44. The van der Waals surface area contributed by atoms with E-state index >= 15 is 0 Å². The fourth-order valence-corrected chi connectivity index (χ4v) is 4.63. The lowest BCUT2D eigenvalue weighted by Crippen LogP contribution is -2.51. The molecule has 1 heterocycles. The molecule has 0 saturated heterocycles. The number of halogens is 1. The van der Waals surface area contributed by atoms with E-state index in [0.717, 1.165) is 11.1 Å². The number of nitrogens with zero attached hydrogens (tertiary/aromatic N) is 2. The monoisotopic (exact) mass is 663 g/mol. The molecule has 46 heavy (non-hydrogen) atoms. The summed E-state index contributed by atoms with van der Waals surface area (Å²) in [6.45, 7) is 19.3. The van der Waals surface area contributed by atoms with Gasteiger partial charge < -0.3 is 23.5 Å². The summed E-state index contributed by atoms with van der Waals surface area (Å²) in [6.07, 6.45) is 1.32. The zero-order valence-electron chi connectivity index (χ0n) is 28.9. The third-order valence-electron chi connectivity index (χ3n) is 6.68. The molecule has 1 aromatic heterocycles. The number of carbonyl (C=O) groups is 4. The molecule has 0 radical (unpaired) electrons. The van der Waals surface area contributed by atoms with Crippen molar-refractivity contribution in [1.29, 1.82) is 0 Å². The second kappa shape index (κ2) is 16.4. The molecule has 0 aliphatic rings. The minimum absolute atomic E-state index is 0.0254. The number of carbonyl (C=O) groups excluding carboxylic acids is 4. The van der Waals surface area contributed by atoms with Crippen LogP contribution in [-0.4, -0.2) is 58.1 Å². The molecule has 11 nitrogen and oxygen atoms in total. The van der Waals surface area contributed by atoms with E-state index in [1.54, 1.807) is 54.1 Å². The molecule has 0 aliphatic carbocycles. The normalized spacial score (nSPS) is 14.6. The number of aryl methyl sites for hydroxylation is 1. The number of nitrogens with one attached hydrogen (secondary N) is 1. The fraction of sp³-hybridized carbons (Fsp3) is 0.618. The van der Waals surface area contributed by atoms with Crippen molar-refractivity contribution in [1.82, 2.24) is 14.9 Å². The molecule has 0 spiro atoms. The first-order valence-electron chi connectivity index (χ1n) is 15.5. The zero-order valence-corrected chi connectivity index (χ0v) is 29.7. The van der Waals surface area contributed by atoms with Crippen LogP contribution in [0, 0.1) is 23.7 Å². The van der Waals surface area contributed by atoms with Crippen LogP contribution in [-0.2, 0) is 51.1 Å². The average Bonchev–Trinajstić information content (AvgIpc) is 3.31. The molecule has 0 fully saturated rings. The Bertz CT molecular complexity index is 1340. The van der Waals surface area contributed by atoms with Gasteiger partial charge in [-0.15, -0.1) is 0 Å². The number of imidazole rings is 1. The number of esters is 4. The SMILES string of the molecule is Cc1cc(Cl)cc(Cn2cncc2CC(NC(CC(C)C)C(=O)OC(C)OC(=O)C(C)(C)C)C(=O)OC(C)OC(=O)C(C)(C)C)c1. The molecule has 12 heteroatoms. The first-order chi connectivity index (χ1) is 21.1. The Morgan fingerprint density at radius 2 is 1.35 bits per heavy atom. The van der Waals surface area contributed by atoms with E-state index in [9.17, 15) is 19.2 Å². The van der Waals surface area contributed by atoms with Crippen molar-refractivity contribution in [3.8, 4) is 0 Å². The fourth-order valence-electron chi connectivity index (χ4n) is 4.32. The summed E-state index contributed by atoms with van der Waals surface area (Å²) >= 11 is 6.28. The van der Waals surface area contributed by atoms with Crippen molar-refractivity contribution in [3.05, 3.63) is 52.6 Å². The first-order valence-corrected chi connectivity index (χ1v) is 15.9. The quantitative estimate of drug-likeness (QED) is 0.196. The first kappa shape index (κ1) is 38.7. The molecular formula is C34H50ClN3O8. The third kappa shape index (κ3) is 12.7. The molecule has 2 aromatic rings. The summed E-state index contributed by atoms with van der Waals surface area (Å²) in [5.41, 5.74) is 1.03. The predicted molar refractivity (Wildman–Crippen MR) is 174 cm³/mol. The zero-order chi connectivity index (χ0) is 35.0. The molecule has 0 bridgehead atoms. The van der Waals surface area contributed by atoms with Crippen molar-refractivity contribution < 1.29 is 38.1 Å². The van der Waals surface area contributed by atoms with Gasteiger partial charge in [0.15, 0.2) is 0 Å². The van der Waals surface area contributed by atoms with Gasteiger partial charge in [-0.05, 0) is 84.1 Å². The molecule has 1 N–H and O–H groups in total. The van der Waals surface area contributed by atoms with Crippen molar-refractivity contribution in [2.75, 3.05) is 0 Å². The topological polar surface area (TPSA) is 135 Å². The van der Waals surface area contributed by atoms with Crippen LogP contribution in [0.5, 0.6) is 0 Å². The molecule has 4 atom stereocenters. The lowest BCUT2D eigenvalue weighted by molar-refractivity contribution is -0.192. The van der Waals surface area contributed by atoms with Crippen LogP contribution in [0.15, 0.2) is 30.7 Å². The van der Waals surface area contributed by atoms with Gasteiger partial charge in [-0.2, -0.15) is 0 Å². The van der Waals surface area contributed by atoms with E-state index < -0.39 is 59.4 Å². The third-order valence-corrected chi connectivity index (χ3v) is 6.90. The van der Waals surface area contributed by atoms with Gasteiger partial charge >= 0.3 is 23.9 Å². The van der Waals surface area contributed by atoms with Crippen LogP contribution in [0.4, 0.5) is 0 Å². The summed E-state index contributed by atoms with van der Waals surface area (Å²) in [7, 11) is 0. The molecule has 0 amide bonds. The van der Waals surface area contributed by atoms with Crippen LogP contribution < -0.4 is 5.32 Å². The summed E-state index contributed by atoms with van der Waals surface area (Å²) in [4.78, 5) is 56.1. The maximum absolute atomic E-state index is 13.6. The van der Waals surface area contributed by atoms with Crippen molar-refractivity contribution in [2.24, 2.45) is 16.7 Å². The Morgan fingerprint density at radius 3 is 1.83 bits per heavy atom. The highest BCUT2D eigenvalue weighted by atomic mass is 35.5. The Morgan fingerprint density at radius 1 is 0.826 bits per heavy atom. The van der Waals surface area contributed by atoms with E-state index in [0.29, 0.717) is 23.7 Å². The van der Waals surface area contributed by atoms with Gasteiger partial charge in [0.05, 0.1) is 17.2 Å². The van der Waals surface area contributed by atoms with Gasteiger partial charge in [0.1, 0.15) is 12.1 Å². The molecule has 0 aliphatic heterocycles. The number of hydrogen-bond donors (Lipinski definition) is 1. The standard InChI is InChI=1S/C34H50ClN3O8/c1-20(2)12-27(29(39)43-22(4)45-31(41)33(6,7)8)37-28(30(40)44-23(5)46-32(42)34(9,10)11)16-26-17-36-19-38(26)18-24-13-21(3)14-25(35)15-24/h13-15,17,19-20,22-23,27-28,37H,12,16,18H2,1-11H3. The highest BCUT2D eigenvalue weighted by Crippen LogP contribution is 2.20. The lowest BCUT2D eigenvalue weighted by Gasteiger charge is -2.28. The van der Waals surface area contributed by atoms with E-state index in [2.05, 4.69) is 10.3 Å². The summed E-state index contributed by atoms with van der Waals surface area (Å²) < 4.78 is 23.6. The lowest BCUT2D eigenvalue weighted by atomic mass is 9.97. The largest absolute Gasteiger partial charge is 0.425 e. The van der Waals surface area contributed by atoms with Crippen LogP contribution in [0.3, 0.4) is 0 Å². The number of ether oxygens (including phenoxy) is 4. The predicted octanol–water partition coefficient (Wildman–Crippen LogP) is 5.77. The number of rotatable bonds is 14. The maximum atomic E-state index is 13.6. The number of hydrogen-bond acceptors (Lipinski definition) is 10.